The lowest BCUT2D eigenvalue weighted by Crippen LogP contribution is -2.27. The van der Waals surface area contributed by atoms with E-state index in [1.54, 1.807) is 37.4 Å². The number of pyridine rings is 1. The molecule has 20 heavy (non-hydrogen) atoms. The number of carbonyl (C=O) groups is 1. The topological polar surface area (TPSA) is 71.2 Å². The Morgan fingerprint density at radius 2 is 2.00 bits per heavy atom. The summed E-state index contributed by atoms with van der Waals surface area (Å²) in [6.45, 7) is 0.376. The number of nitrogens with zero attached hydrogens (tertiary/aromatic N) is 2. The molecule has 1 amide bonds. The molecule has 0 bridgehead atoms. The van der Waals surface area contributed by atoms with Crippen LogP contribution in [0, 0.1) is 5.82 Å². The minimum absolute atomic E-state index is 0.230. The molecular formula is C14H15FN4O. The van der Waals surface area contributed by atoms with E-state index in [2.05, 4.69) is 10.4 Å². The molecule has 2 aromatic rings. The van der Waals surface area contributed by atoms with Crippen LogP contribution < -0.4 is 11.3 Å². The zero-order valence-corrected chi connectivity index (χ0v) is 11.0. The highest BCUT2D eigenvalue weighted by Crippen LogP contribution is 2.10. The molecule has 1 aromatic carbocycles. The fourth-order valence-corrected chi connectivity index (χ4v) is 1.77. The molecule has 0 saturated heterocycles. The van der Waals surface area contributed by atoms with Gasteiger partial charge in [-0.2, -0.15) is 0 Å². The monoisotopic (exact) mass is 274 g/mol. The van der Waals surface area contributed by atoms with Gasteiger partial charge in [-0.1, -0.05) is 18.2 Å². The summed E-state index contributed by atoms with van der Waals surface area (Å²) in [7, 11) is 1.66. The van der Waals surface area contributed by atoms with Crippen LogP contribution in [0.15, 0.2) is 42.5 Å². The molecule has 0 unspecified atom stereocenters. The molecule has 5 nitrogen and oxygen atoms in total. The van der Waals surface area contributed by atoms with Crippen molar-refractivity contribution in [3.8, 4) is 0 Å². The van der Waals surface area contributed by atoms with Crippen LogP contribution in [-0.2, 0) is 6.54 Å². The lowest BCUT2D eigenvalue weighted by Gasteiger charge is -2.17. The van der Waals surface area contributed by atoms with Crippen LogP contribution in [0.25, 0.3) is 0 Å². The van der Waals surface area contributed by atoms with Gasteiger partial charge in [0.15, 0.2) is 0 Å². The minimum Gasteiger partial charge on any atom is -0.336 e. The van der Waals surface area contributed by atoms with Crippen molar-refractivity contribution in [2.24, 2.45) is 5.84 Å². The number of hydrogen-bond acceptors (Lipinski definition) is 4. The molecule has 0 spiro atoms. The van der Waals surface area contributed by atoms with E-state index >= 15 is 0 Å². The number of benzene rings is 1. The Kier molecular flexibility index (Phi) is 4.27. The second-order valence-electron chi connectivity index (χ2n) is 4.34. The number of anilines is 1. The van der Waals surface area contributed by atoms with Gasteiger partial charge < -0.3 is 10.3 Å². The Bertz CT molecular complexity index is 600. The van der Waals surface area contributed by atoms with Crippen LogP contribution in [0.2, 0.25) is 0 Å². The Balaban J connectivity index is 2.09. The van der Waals surface area contributed by atoms with Crippen molar-refractivity contribution in [2.45, 2.75) is 6.54 Å². The first-order valence-corrected chi connectivity index (χ1v) is 6.03. The number of halogens is 1. The van der Waals surface area contributed by atoms with E-state index in [1.807, 2.05) is 0 Å². The summed E-state index contributed by atoms with van der Waals surface area (Å²) < 4.78 is 12.8. The summed E-state index contributed by atoms with van der Waals surface area (Å²) in [5, 5.41) is 0. The normalized spacial score (nSPS) is 10.2. The SMILES string of the molecule is CN(Cc1ccc(F)cc1)C(=O)c1cccc(NN)n1. The first-order valence-electron chi connectivity index (χ1n) is 6.03. The number of nitrogens with one attached hydrogen (secondary N) is 1. The molecule has 6 heteroatoms. The van der Waals surface area contributed by atoms with Crippen molar-refractivity contribution in [1.82, 2.24) is 9.88 Å². The standard InChI is InChI=1S/C14H15FN4O/c1-19(9-10-5-7-11(15)8-6-10)14(20)12-3-2-4-13(17-12)18-16/h2-8H,9,16H2,1H3,(H,17,18). The molecule has 2 rings (SSSR count). The fraction of sp³-hybridized carbons (Fsp3) is 0.143. The maximum atomic E-state index is 12.8. The van der Waals surface area contributed by atoms with Gasteiger partial charge >= 0.3 is 0 Å². The maximum absolute atomic E-state index is 12.8. The predicted molar refractivity (Wildman–Crippen MR) is 74.2 cm³/mol. The van der Waals surface area contributed by atoms with Crippen molar-refractivity contribution in [3.05, 3.63) is 59.5 Å². The predicted octanol–water partition coefficient (Wildman–Crippen LogP) is 1.78. The van der Waals surface area contributed by atoms with Gasteiger partial charge in [0, 0.05) is 13.6 Å². The van der Waals surface area contributed by atoms with Crippen LogP contribution in [0.4, 0.5) is 10.2 Å². The summed E-state index contributed by atoms with van der Waals surface area (Å²) in [4.78, 5) is 17.8. The summed E-state index contributed by atoms with van der Waals surface area (Å²) in [5.74, 6) is 5.15. The number of hydrazine groups is 1. The fourth-order valence-electron chi connectivity index (χ4n) is 1.77. The number of hydrogen-bond donors (Lipinski definition) is 2. The number of carbonyl (C=O) groups excluding carboxylic acids is 1. The molecule has 0 atom stereocenters. The molecular weight excluding hydrogens is 259 g/mol. The third-order valence-corrected chi connectivity index (χ3v) is 2.80. The van der Waals surface area contributed by atoms with E-state index < -0.39 is 0 Å². The number of nitrogen functional groups attached to an aromatic ring is 1. The van der Waals surface area contributed by atoms with Crippen molar-refractivity contribution in [3.63, 3.8) is 0 Å². The molecule has 0 radical (unpaired) electrons. The Hall–Kier alpha value is -2.47. The van der Waals surface area contributed by atoms with Gasteiger partial charge in [0.1, 0.15) is 17.3 Å². The highest BCUT2D eigenvalue weighted by Gasteiger charge is 2.13. The third kappa shape index (κ3) is 3.30. The molecule has 3 N–H and O–H groups in total. The molecule has 0 saturated carbocycles. The molecule has 0 fully saturated rings. The zero-order chi connectivity index (χ0) is 14.5. The number of amides is 1. The average molecular weight is 274 g/mol. The molecule has 104 valence electrons. The van der Waals surface area contributed by atoms with Crippen LogP contribution >= 0.6 is 0 Å². The van der Waals surface area contributed by atoms with E-state index in [9.17, 15) is 9.18 Å². The highest BCUT2D eigenvalue weighted by atomic mass is 19.1. The van der Waals surface area contributed by atoms with E-state index in [-0.39, 0.29) is 11.7 Å². The average Bonchev–Trinajstić information content (AvgIpc) is 2.48. The molecule has 1 heterocycles. The number of rotatable bonds is 4. The lowest BCUT2D eigenvalue weighted by atomic mass is 10.2. The van der Waals surface area contributed by atoms with Gasteiger partial charge in [0.25, 0.3) is 5.91 Å². The van der Waals surface area contributed by atoms with Crippen LogP contribution in [0.3, 0.4) is 0 Å². The van der Waals surface area contributed by atoms with Gasteiger partial charge in [-0.15, -0.1) is 0 Å². The Morgan fingerprint density at radius 1 is 1.30 bits per heavy atom. The number of aromatic nitrogens is 1. The lowest BCUT2D eigenvalue weighted by molar-refractivity contribution is 0.0779. The highest BCUT2D eigenvalue weighted by molar-refractivity contribution is 5.92. The maximum Gasteiger partial charge on any atom is 0.272 e. The van der Waals surface area contributed by atoms with Crippen LogP contribution in [0.5, 0.6) is 0 Å². The van der Waals surface area contributed by atoms with E-state index in [1.165, 1.54) is 17.0 Å². The molecule has 0 aliphatic carbocycles. The number of nitrogens with two attached hydrogens (primary N) is 1. The van der Waals surface area contributed by atoms with E-state index in [0.717, 1.165) is 5.56 Å². The van der Waals surface area contributed by atoms with Crippen molar-refractivity contribution < 1.29 is 9.18 Å². The Morgan fingerprint density at radius 3 is 2.65 bits per heavy atom. The molecule has 0 aliphatic rings. The smallest absolute Gasteiger partial charge is 0.272 e. The minimum atomic E-state index is -0.300. The van der Waals surface area contributed by atoms with Crippen molar-refractivity contribution in [2.75, 3.05) is 12.5 Å². The van der Waals surface area contributed by atoms with Gasteiger partial charge in [0.05, 0.1) is 0 Å². The van der Waals surface area contributed by atoms with Crippen LogP contribution in [-0.4, -0.2) is 22.8 Å². The van der Waals surface area contributed by atoms with Crippen molar-refractivity contribution in [1.29, 1.82) is 0 Å². The molecule has 0 aliphatic heterocycles. The zero-order valence-electron chi connectivity index (χ0n) is 11.0. The van der Waals surface area contributed by atoms with E-state index in [0.29, 0.717) is 18.1 Å². The second-order valence-corrected chi connectivity index (χ2v) is 4.34. The quantitative estimate of drug-likeness (QED) is 0.658. The summed E-state index contributed by atoms with van der Waals surface area (Å²) in [5.41, 5.74) is 3.53. The second kappa shape index (κ2) is 6.12. The first-order chi connectivity index (χ1) is 9.60. The van der Waals surface area contributed by atoms with Gasteiger partial charge in [-0.3, -0.25) is 4.79 Å². The summed E-state index contributed by atoms with van der Waals surface area (Å²) in [6, 6.07) is 11.0. The van der Waals surface area contributed by atoms with Gasteiger partial charge in [-0.05, 0) is 29.8 Å². The first kappa shape index (κ1) is 14.0. The Labute approximate surface area is 116 Å². The molecule has 1 aromatic heterocycles. The van der Waals surface area contributed by atoms with E-state index in [4.69, 9.17) is 5.84 Å². The summed E-state index contributed by atoms with van der Waals surface area (Å²) >= 11 is 0. The van der Waals surface area contributed by atoms with Crippen molar-refractivity contribution >= 4 is 11.7 Å². The van der Waals surface area contributed by atoms with Gasteiger partial charge in [-0.25, -0.2) is 15.2 Å². The van der Waals surface area contributed by atoms with Crippen LogP contribution in [0.1, 0.15) is 16.1 Å². The summed E-state index contributed by atoms with van der Waals surface area (Å²) in [6.07, 6.45) is 0. The largest absolute Gasteiger partial charge is 0.336 e. The van der Waals surface area contributed by atoms with Gasteiger partial charge in [0.2, 0.25) is 0 Å². The third-order valence-electron chi connectivity index (χ3n) is 2.80.